The molecule has 114 valence electrons. The van der Waals surface area contributed by atoms with Gasteiger partial charge in [0.05, 0.1) is 6.10 Å². The second-order valence-corrected chi connectivity index (χ2v) is 6.96. The van der Waals surface area contributed by atoms with Crippen LogP contribution in [0, 0.1) is 0 Å². The molecule has 1 atom stereocenters. The van der Waals surface area contributed by atoms with Crippen molar-refractivity contribution in [2.24, 2.45) is 7.05 Å². The van der Waals surface area contributed by atoms with Crippen LogP contribution in [0.25, 0.3) is 0 Å². The van der Waals surface area contributed by atoms with E-state index in [0.29, 0.717) is 19.7 Å². The van der Waals surface area contributed by atoms with Gasteiger partial charge in [0, 0.05) is 32.9 Å². The Hall–Kier alpha value is -1.12. The van der Waals surface area contributed by atoms with Crippen molar-refractivity contribution in [2.45, 2.75) is 37.2 Å². The van der Waals surface area contributed by atoms with Crippen LogP contribution < -0.4 is 5.73 Å². The first-order valence-corrected chi connectivity index (χ1v) is 8.30. The average molecular weight is 302 g/mol. The van der Waals surface area contributed by atoms with Gasteiger partial charge in [-0.05, 0) is 19.3 Å². The molecule has 0 amide bonds. The van der Waals surface area contributed by atoms with Gasteiger partial charge in [-0.1, -0.05) is 6.92 Å². The molecular formula is C12H22N4O3S. The maximum Gasteiger partial charge on any atom is 0.248 e. The number of nitrogens with zero attached hydrogens (tertiary/aromatic N) is 3. The highest BCUT2D eigenvalue weighted by Crippen LogP contribution is 2.25. The second kappa shape index (κ2) is 6.11. The number of hydrogen-bond acceptors (Lipinski definition) is 5. The molecule has 0 bridgehead atoms. The lowest BCUT2D eigenvalue weighted by atomic mass is 10.1. The molecule has 2 heterocycles. The smallest absolute Gasteiger partial charge is 0.248 e. The number of sulfonamides is 1. The van der Waals surface area contributed by atoms with Crippen molar-refractivity contribution in [1.82, 2.24) is 14.1 Å². The van der Waals surface area contributed by atoms with E-state index in [0.717, 1.165) is 19.3 Å². The lowest BCUT2D eigenvalue weighted by molar-refractivity contribution is 0.0193. The van der Waals surface area contributed by atoms with Gasteiger partial charge in [0.2, 0.25) is 10.0 Å². The van der Waals surface area contributed by atoms with Crippen molar-refractivity contribution in [2.75, 3.05) is 25.4 Å². The third kappa shape index (κ3) is 3.13. The number of nitrogen functional groups attached to an aromatic ring is 1. The van der Waals surface area contributed by atoms with Crippen LogP contribution in [-0.2, 0) is 21.8 Å². The molecule has 0 aromatic carbocycles. The monoisotopic (exact) mass is 302 g/mol. The number of aromatic nitrogens is 2. The highest BCUT2D eigenvalue weighted by Gasteiger charge is 2.33. The van der Waals surface area contributed by atoms with E-state index in [4.69, 9.17) is 10.5 Å². The largest absolute Gasteiger partial charge is 0.381 e. The molecule has 1 unspecified atom stereocenters. The maximum atomic E-state index is 12.6. The van der Waals surface area contributed by atoms with Gasteiger partial charge in [0.15, 0.2) is 5.82 Å². The number of rotatable bonds is 5. The summed E-state index contributed by atoms with van der Waals surface area (Å²) in [6.07, 6.45) is 4.04. The van der Waals surface area contributed by atoms with Gasteiger partial charge in [-0.3, -0.25) is 4.68 Å². The predicted octanol–water partition coefficient (Wildman–Crippen LogP) is 0.582. The van der Waals surface area contributed by atoms with Crippen LogP contribution in [0.5, 0.6) is 0 Å². The fraction of sp³-hybridized carbons (Fsp3) is 0.750. The highest BCUT2D eigenvalue weighted by molar-refractivity contribution is 7.89. The summed E-state index contributed by atoms with van der Waals surface area (Å²) in [5, 5.41) is 3.90. The number of piperidine rings is 1. The number of hydrogen-bond donors (Lipinski definition) is 1. The zero-order valence-corrected chi connectivity index (χ0v) is 12.8. The van der Waals surface area contributed by atoms with Crippen molar-refractivity contribution in [1.29, 1.82) is 0 Å². The Morgan fingerprint density at radius 1 is 1.55 bits per heavy atom. The zero-order chi connectivity index (χ0) is 14.8. The van der Waals surface area contributed by atoms with Crippen molar-refractivity contribution in [3.8, 4) is 0 Å². The summed E-state index contributed by atoms with van der Waals surface area (Å²) >= 11 is 0. The number of anilines is 1. The van der Waals surface area contributed by atoms with Crippen LogP contribution in [-0.4, -0.2) is 48.3 Å². The lowest BCUT2D eigenvalue weighted by Crippen LogP contribution is -2.43. The van der Waals surface area contributed by atoms with Crippen molar-refractivity contribution in [3.05, 3.63) is 6.20 Å². The Bertz CT molecular complexity index is 555. The molecule has 2 rings (SSSR count). The fourth-order valence-electron chi connectivity index (χ4n) is 2.37. The molecule has 1 fully saturated rings. The minimum absolute atomic E-state index is 0.0311. The van der Waals surface area contributed by atoms with E-state index in [1.165, 1.54) is 15.2 Å². The van der Waals surface area contributed by atoms with E-state index in [1.54, 1.807) is 7.05 Å². The molecule has 1 aromatic heterocycles. The van der Waals surface area contributed by atoms with E-state index >= 15 is 0 Å². The Morgan fingerprint density at radius 2 is 2.30 bits per heavy atom. The van der Waals surface area contributed by atoms with Crippen LogP contribution in [0.4, 0.5) is 5.82 Å². The van der Waals surface area contributed by atoms with E-state index in [2.05, 4.69) is 5.10 Å². The molecule has 2 N–H and O–H groups in total. The quantitative estimate of drug-likeness (QED) is 0.859. The number of nitrogens with two attached hydrogens (primary N) is 1. The molecule has 8 heteroatoms. The predicted molar refractivity (Wildman–Crippen MR) is 75.6 cm³/mol. The van der Waals surface area contributed by atoms with E-state index in [1.807, 2.05) is 6.92 Å². The summed E-state index contributed by atoms with van der Waals surface area (Å²) in [4.78, 5) is 0.0798. The first-order valence-electron chi connectivity index (χ1n) is 6.86. The third-order valence-corrected chi connectivity index (χ3v) is 5.22. The number of ether oxygens (including phenoxy) is 1. The molecule has 1 aliphatic rings. The molecule has 20 heavy (non-hydrogen) atoms. The highest BCUT2D eigenvalue weighted by atomic mass is 32.2. The van der Waals surface area contributed by atoms with Gasteiger partial charge in [0.1, 0.15) is 4.90 Å². The van der Waals surface area contributed by atoms with Gasteiger partial charge in [-0.2, -0.15) is 9.40 Å². The van der Waals surface area contributed by atoms with Crippen LogP contribution in [0.1, 0.15) is 26.2 Å². The Morgan fingerprint density at radius 3 is 2.90 bits per heavy atom. The van der Waals surface area contributed by atoms with Gasteiger partial charge in [0.25, 0.3) is 0 Å². The Labute approximate surface area is 119 Å². The topological polar surface area (TPSA) is 90.5 Å². The summed E-state index contributed by atoms with van der Waals surface area (Å²) in [6.45, 7) is 3.58. The first kappa shape index (κ1) is 15.3. The van der Waals surface area contributed by atoms with E-state index in [-0.39, 0.29) is 16.8 Å². The Kier molecular flexibility index (Phi) is 4.66. The normalized spacial score (nSPS) is 21.2. The molecule has 1 saturated heterocycles. The van der Waals surface area contributed by atoms with Crippen LogP contribution in [0.3, 0.4) is 0 Å². The van der Waals surface area contributed by atoms with Crippen molar-refractivity contribution >= 4 is 15.8 Å². The zero-order valence-electron chi connectivity index (χ0n) is 11.9. The second-order valence-electron chi connectivity index (χ2n) is 5.05. The van der Waals surface area contributed by atoms with Gasteiger partial charge < -0.3 is 10.5 Å². The maximum absolute atomic E-state index is 12.6. The minimum atomic E-state index is -3.58. The molecule has 0 saturated carbocycles. The molecule has 1 aliphatic heterocycles. The fourth-order valence-corrected chi connectivity index (χ4v) is 3.97. The van der Waals surface area contributed by atoms with Crippen molar-refractivity contribution < 1.29 is 13.2 Å². The molecule has 0 aliphatic carbocycles. The number of aryl methyl sites for hydroxylation is 1. The molecular weight excluding hydrogens is 280 g/mol. The summed E-state index contributed by atoms with van der Waals surface area (Å²) in [6, 6.07) is 0. The lowest BCUT2D eigenvalue weighted by Gasteiger charge is -2.31. The molecule has 7 nitrogen and oxygen atoms in total. The molecule has 0 radical (unpaired) electrons. The van der Waals surface area contributed by atoms with Gasteiger partial charge in [-0.15, -0.1) is 0 Å². The van der Waals surface area contributed by atoms with E-state index < -0.39 is 10.0 Å². The summed E-state index contributed by atoms with van der Waals surface area (Å²) in [5.41, 5.74) is 5.68. The Balaban J connectivity index is 2.15. The summed E-state index contributed by atoms with van der Waals surface area (Å²) < 4.78 is 33.7. The molecule has 1 aromatic rings. The van der Waals surface area contributed by atoms with Crippen molar-refractivity contribution in [3.63, 3.8) is 0 Å². The first-order chi connectivity index (χ1) is 9.45. The molecule has 0 spiro atoms. The van der Waals surface area contributed by atoms with Crippen LogP contribution >= 0.6 is 0 Å². The van der Waals surface area contributed by atoms with Gasteiger partial charge >= 0.3 is 0 Å². The van der Waals surface area contributed by atoms with Gasteiger partial charge in [-0.25, -0.2) is 8.42 Å². The minimum Gasteiger partial charge on any atom is -0.381 e. The van der Waals surface area contributed by atoms with E-state index in [9.17, 15) is 8.42 Å². The summed E-state index contributed by atoms with van der Waals surface area (Å²) in [5.74, 6) is 0.0455. The SMILES string of the molecule is CCCOC1CCCN(S(=O)(=O)c2cn(C)nc2N)C1. The standard InChI is InChI=1S/C12H22N4O3S/c1-3-7-19-10-5-4-6-16(8-10)20(17,18)11-9-15(2)14-12(11)13/h9-10H,3-8H2,1-2H3,(H2,13,14). The van der Waals surface area contributed by atoms with Crippen LogP contribution in [0.15, 0.2) is 11.1 Å². The van der Waals surface area contributed by atoms with Crippen LogP contribution in [0.2, 0.25) is 0 Å². The third-order valence-electron chi connectivity index (χ3n) is 3.34. The average Bonchev–Trinajstić information content (AvgIpc) is 2.76. The summed E-state index contributed by atoms with van der Waals surface area (Å²) in [7, 11) is -1.93.